The standard InChI is InChI=1S/C31H42AsN5O6/c1-4-6-13-42-31(41)36-11-9-35(10-12-36)28(38)17-32-30(40)26-16-27(24-8-7-21(3)14-25(24)33-26)43-20-29(39)37-19-22-15-23(37)18-34(22)5-2/h7-8,14,16,22-23,32H,4-6,9-13,15,17-20H2,1-3H3. The van der Waals surface area contributed by atoms with E-state index >= 15 is 0 Å². The van der Waals surface area contributed by atoms with Crippen LogP contribution >= 0.6 is 0 Å². The van der Waals surface area contributed by atoms with Gasteiger partial charge in [-0.1, -0.05) is 6.92 Å². The summed E-state index contributed by atoms with van der Waals surface area (Å²) in [5.74, 6) is 0.343. The number of hydrogen-bond acceptors (Lipinski definition) is 8. The zero-order valence-electron chi connectivity index (χ0n) is 25.3. The number of likely N-dealkylation sites (tertiary alicyclic amines) is 2. The van der Waals surface area contributed by atoms with E-state index in [1.54, 1.807) is 15.9 Å². The number of pyridine rings is 1. The molecule has 0 N–H and O–H groups in total. The van der Waals surface area contributed by atoms with Crippen molar-refractivity contribution < 1.29 is 28.7 Å². The summed E-state index contributed by atoms with van der Waals surface area (Å²) >= 11 is -1.33. The summed E-state index contributed by atoms with van der Waals surface area (Å²) in [4.78, 5) is 63.8. The van der Waals surface area contributed by atoms with Gasteiger partial charge >= 0.3 is 253 Å². The van der Waals surface area contributed by atoms with Crippen LogP contribution in [-0.4, -0.2) is 134 Å². The number of likely N-dealkylation sites (N-methyl/N-ethyl adjacent to an activating group) is 1. The zero-order valence-corrected chi connectivity index (χ0v) is 27.4. The van der Waals surface area contributed by atoms with Crippen molar-refractivity contribution in [3.63, 3.8) is 0 Å². The molecule has 12 heteroatoms. The summed E-state index contributed by atoms with van der Waals surface area (Å²) in [5, 5.41) is 0.922. The Morgan fingerprint density at radius 3 is 2.44 bits per heavy atom. The third-order valence-corrected chi connectivity index (χ3v) is 10.8. The summed E-state index contributed by atoms with van der Waals surface area (Å²) in [6.45, 7) is 10.8. The number of unbranched alkanes of at least 4 members (excludes halogenated alkanes) is 1. The summed E-state index contributed by atoms with van der Waals surface area (Å²) in [6, 6.07) is 8.05. The quantitative estimate of drug-likeness (QED) is 0.268. The molecule has 1 aromatic carbocycles. The first kappa shape index (κ1) is 31.3. The van der Waals surface area contributed by atoms with Gasteiger partial charge in [0.2, 0.25) is 0 Å². The Morgan fingerprint density at radius 2 is 1.74 bits per heavy atom. The molecular formula is C31H42AsN5O6. The summed E-state index contributed by atoms with van der Waals surface area (Å²) in [5.41, 5.74) is 1.90. The van der Waals surface area contributed by atoms with Crippen LogP contribution in [0, 0.1) is 6.92 Å². The Bertz CT molecular complexity index is 1360. The van der Waals surface area contributed by atoms with Gasteiger partial charge < -0.3 is 0 Å². The van der Waals surface area contributed by atoms with E-state index in [-0.39, 0.29) is 46.0 Å². The van der Waals surface area contributed by atoms with Crippen molar-refractivity contribution in [1.82, 2.24) is 24.6 Å². The van der Waals surface area contributed by atoms with Gasteiger partial charge in [0, 0.05) is 0 Å². The number of nitrogens with zero attached hydrogens (tertiary/aromatic N) is 5. The van der Waals surface area contributed by atoms with Crippen molar-refractivity contribution in [2.75, 3.05) is 59.0 Å². The molecule has 3 unspecified atom stereocenters. The number of rotatable bonds is 11. The molecule has 0 spiro atoms. The molecule has 5 rings (SSSR count). The van der Waals surface area contributed by atoms with Crippen LogP contribution in [0.3, 0.4) is 0 Å². The van der Waals surface area contributed by atoms with Gasteiger partial charge in [-0.3, -0.25) is 0 Å². The van der Waals surface area contributed by atoms with Crippen molar-refractivity contribution in [2.24, 2.45) is 0 Å². The van der Waals surface area contributed by atoms with Gasteiger partial charge in [0.15, 0.2) is 0 Å². The molecule has 0 radical (unpaired) electrons. The van der Waals surface area contributed by atoms with Crippen LogP contribution < -0.4 is 4.74 Å². The van der Waals surface area contributed by atoms with Gasteiger partial charge in [-0.25, -0.2) is 0 Å². The molecule has 1 aromatic heterocycles. The maximum atomic E-state index is 13.3. The van der Waals surface area contributed by atoms with Crippen molar-refractivity contribution in [3.8, 4) is 5.75 Å². The van der Waals surface area contributed by atoms with Crippen LogP contribution in [0.2, 0.25) is 5.21 Å². The minimum absolute atomic E-state index is 0.0402. The molecule has 3 fully saturated rings. The number of benzene rings is 1. The van der Waals surface area contributed by atoms with Gasteiger partial charge in [0.05, 0.1) is 0 Å². The Balaban J connectivity index is 1.17. The van der Waals surface area contributed by atoms with Gasteiger partial charge in [-0.2, -0.15) is 0 Å². The minimum atomic E-state index is -1.33. The Hall–Kier alpha value is -3.17. The number of hydrogen-bond donors (Lipinski definition) is 0. The molecule has 2 aromatic rings. The van der Waals surface area contributed by atoms with E-state index in [0.29, 0.717) is 50.1 Å². The van der Waals surface area contributed by atoms with Crippen LogP contribution in [0.5, 0.6) is 5.75 Å². The second-order valence-corrected chi connectivity index (χ2v) is 13.9. The first-order chi connectivity index (χ1) is 20.8. The second-order valence-electron chi connectivity index (χ2n) is 11.5. The van der Waals surface area contributed by atoms with Crippen molar-refractivity contribution in [2.45, 2.75) is 57.3 Å². The molecule has 4 heterocycles. The normalized spacial score (nSPS) is 20.4. The molecule has 232 valence electrons. The molecular weight excluding hydrogens is 613 g/mol. The molecule has 3 saturated heterocycles. The maximum absolute atomic E-state index is 13.3. The summed E-state index contributed by atoms with van der Waals surface area (Å²) in [7, 11) is 0. The van der Waals surface area contributed by atoms with E-state index in [2.05, 4.69) is 16.8 Å². The number of piperazine rings is 2. The van der Waals surface area contributed by atoms with Crippen molar-refractivity contribution in [3.05, 3.63) is 35.5 Å². The van der Waals surface area contributed by atoms with Gasteiger partial charge in [0.25, 0.3) is 0 Å². The molecule has 43 heavy (non-hydrogen) atoms. The van der Waals surface area contributed by atoms with E-state index in [4.69, 9.17) is 9.47 Å². The number of carbonyl (C=O) groups is 4. The number of aromatic nitrogens is 1. The molecule has 3 amide bonds. The van der Waals surface area contributed by atoms with Gasteiger partial charge in [0.1, 0.15) is 0 Å². The molecule has 11 nitrogen and oxygen atoms in total. The van der Waals surface area contributed by atoms with E-state index < -0.39 is 15.8 Å². The van der Waals surface area contributed by atoms with E-state index in [0.717, 1.165) is 49.8 Å². The number of carbonyl (C=O) groups excluding carboxylic acids is 4. The fourth-order valence-electron chi connectivity index (χ4n) is 6.10. The Morgan fingerprint density at radius 1 is 0.977 bits per heavy atom. The molecule has 3 aliphatic rings. The van der Waals surface area contributed by atoms with E-state index in [1.807, 2.05) is 36.9 Å². The second kappa shape index (κ2) is 14.1. The fourth-order valence-corrected chi connectivity index (χ4v) is 7.87. The SMILES string of the molecule is CCCCOC(=O)N1CCN(C(=O)C[AsH]C(=O)c2cc(OCC(=O)N3CC4CC3CN4CC)c3ccc(C)cc3n2)CC1. The van der Waals surface area contributed by atoms with Crippen LogP contribution in [0.4, 0.5) is 4.79 Å². The number of aryl methyl sites for hydroxylation is 1. The monoisotopic (exact) mass is 655 g/mol. The van der Waals surface area contributed by atoms with Crippen molar-refractivity contribution in [1.29, 1.82) is 0 Å². The van der Waals surface area contributed by atoms with Crippen LogP contribution in [-0.2, 0) is 14.3 Å². The third kappa shape index (κ3) is 7.32. The van der Waals surface area contributed by atoms with Crippen LogP contribution in [0.25, 0.3) is 10.9 Å². The number of ether oxygens (including phenoxy) is 2. The third-order valence-electron chi connectivity index (χ3n) is 8.61. The molecule has 0 aliphatic carbocycles. The molecule has 3 aliphatic heterocycles. The Labute approximate surface area is 259 Å². The predicted octanol–water partition coefficient (Wildman–Crippen LogP) is 2.30. The first-order valence-corrected chi connectivity index (χ1v) is 17.9. The molecule has 0 saturated carbocycles. The predicted molar refractivity (Wildman–Crippen MR) is 164 cm³/mol. The first-order valence-electron chi connectivity index (χ1n) is 15.3. The van der Waals surface area contributed by atoms with Crippen LogP contribution in [0.15, 0.2) is 24.3 Å². The summed E-state index contributed by atoms with van der Waals surface area (Å²) in [6.07, 6.45) is 2.46. The van der Waals surface area contributed by atoms with Gasteiger partial charge in [-0.15, -0.1) is 0 Å². The average molecular weight is 656 g/mol. The number of amides is 3. The van der Waals surface area contributed by atoms with E-state index in [1.165, 1.54) is 0 Å². The molecule has 3 atom stereocenters. The topological polar surface area (TPSA) is 113 Å². The van der Waals surface area contributed by atoms with Crippen molar-refractivity contribution >= 4 is 49.1 Å². The number of fused-ring (bicyclic) bond motifs is 3. The average Bonchev–Trinajstić information content (AvgIpc) is 3.63. The van der Waals surface area contributed by atoms with E-state index in [9.17, 15) is 19.2 Å². The Kier molecular flexibility index (Phi) is 10.2. The summed E-state index contributed by atoms with van der Waals surface area (Å²) < 4.78 is 11.2. The molecule has 2 bridgehead atoms. The zero-order chi connectivity index (χ0) is 30.5. The fraction of sp³-hybridized carbons (Fsp3) is 0.581. The van der Waals surface area contributed by atoms with Crippen LogP contribution in [0.1, 0.15) is 49.2 Å². The van der Waals surface area contributed by atoms with Gasteiger partial charge in [-0.05, 0) is 0 Å².